The zero-order chi connectivity index (χ0) is 14.7. The molecule has 1 fully saturated rings. The van der Waals surface area contributed by atoms with Crippen LogP contribution in [-0.4, -0.2) is 18.1 Å². The number of methoxy groups -OCH3 is 1. The molecule has 21 heavy (non-hydrogen) atoms. The van der Waals surface area contributed by atoms with Gasteiger partial charge in [0.05, 0.1) is 7.11 Å². The molecular weight excluding hydrogens is 284 g/mol. The summed E-state index contributed by atoms with van der Waals surface area (Å²) in [7, 11) is 1.66. The molecule has 1 aliphatic rings. The van der Waals surface area contributed by atoms with E-state index in [0.29, 0.717) is 12.6 Å². The fourth-order valence-electron chi connectivity index (χ4n) is 2.10. The Morgan fingerprint density at radius 1 is 1.33 bits per heavy atom. The topological polar surface area (TPSA) is 43.4 Å². The number of nitrogens with zero attached hydrogens (tertiary/aromatic N) is 1. The van der Waals surface area contributed by atoms with Gasteiger partial charge in [-0.1, -0.05) is 6.07 Å². The Morgan fingerprint density at radius 3 is 2.86 bits per heavy atom. The van der Waals surface area contributed by atoms with Gasteiger partial charge in [0, 0.05) is 23.7 Å². The summed E-state index contributed by atoms with van der Waals surface area (Å²) in [5.74, 6) is 1.54. The Bertz CT molecular complexity index is 608. The van der Waals surface area contributed by atoms with E-state index in [1.807, 2.05) is 18.4 Å². The minimum Gasteiger partial charge on any atom is -0.493 e. The number of hydrogen-bond acceptors (Lipinski definition) is 5. The summed E-state index contributed by atoms with van der Waals surface area (Å²) in [5.41, 5.74) is 2.25. The van der Waals surface area contributed by atoms with Crippen LogP contribution in [0, 0.1) is 6.92 Å². The molecule has 1 N–H and O–H groups in total. The van der Waals surface area contributed by atoms with Crippen molar-refractivity contribution in [3.05, 3.63) is 39.8 Å². The van der Waals surface area contributed by atoms with Gasteiger partial charge >= 0.3 is 0 Å². The molecule has 1 saturated carbocycles. The molecule has 1 aliphatic carbocycles. The van der Waals surface area contributed by atoms with E-state index < -0.39 is 0 Å². The van der Waals surface area contributed by atoms with Crippen molar-refractivity contribution in [1.29, 1.82) is 0 Å². The van der Waals surface area contributed by atoms with Gasteiger partial charge in [-0.15, -0.1) is 11.3 Å². The van der Waals surface area contributed by atoms with E-state index in [9.17, 15) is 0 Å². The highest BCUT2D eigenvalue weighted by Gasteiger charge is 2.20. The normalized spacial score (nSPS) is 14.2. The molecule has 5 heteroatoms. The van der Waals surface area contributed by atoms with Crippen LogP contribution in [0.3, 0.4) is 0 Å². The molecule has 4 nitrogen and oxygen atoms in total. The van der Waals surface area contributed by atoms with Crippen molar-refractivity contribution in [2.75, 3.05) is 7.11 Å². The Kier molecular flexibility index (Phi) is 4.41. The Labute approximate surface area is 129 Å². The number of aromatic nitrogens is 1. The van der Waals surface area contributed by atoms with Gasteiger partial charge in [-0.3, -0.25) is 0 Å². The number of rotatable bonds is 7. The van der Waals surface area contributed by atoms with Crippen molar-refractivity contribution >= 4 is 11.3 Å². The maximum Gasteiger partial charge on any atom is 0.162 e. The molecule has 112 valence electrons. The Hall–Kier alpha value is -1.59. The number of hydrogen-bond donors (Lipinski definition) is 1. The van der Waals surface area contributed by atoms with Gasteiger partial charge in [0.2, 0.25) is 0 Å². The van der Waals surface area contributed by atoms with E-state index in [0.717, 1.165) is 28.7 Å². The van der Waals surface area contributed by atoms with Gasteiger partial charge in [0.15, 0.2) is 11.5 Å². The van der Waals surface area contributed by atoms with Gasteiger partial charge < -0.3 is 14.8 Å². The van der Waals surface area contributed by atoms with Crippen LogP contribution in [0.15, 0.2) is 23.6 Å². The smallest absolute Gasteiger partial charge is 0.162 e. The van der Waals surface area contributed by atoms with E-state index in [1.165, 1.54) is 18.4 Å². The highest BCUT2D eigenvalue weighted by Crippen LogP contribution is 2.29. The maximum atomic E-state index is 5.89. The average molecular weight is 304 g/mol. The Morgan fingerprint density at radius 2 is 2.19 bits per heavy atom. The minimum atomic E-state index is 0.481. The quantitative estimate of drug-likeness (QED) is 0.852. The first-order chi connectivity index (χ1) is 10.2. The molecule has 0 radical (unpaired) electrons. The van der Waals surface area contributed by atoms with Crippen LogP contribution in [-0.2, 0) is 13.2 Å². The van der Waals surface area contributed by atoms with E-state index in [-0.39, 0.29) is 0 Å². The van der Waals surface area contributed by atoms with Crippen LogP contribution in [0.25, 0.3) is 0 Å². The van der Waals surface area contributed by atoms with E-state index in [4.69, 9.17) is 9.47 Å². The van der Waals surface area contributed by atoms with Crippen LogP contribution in [0.1, 0.15) is 29.1 Å². The van der Waals surface area contributed by atoms with E-state index in [2.05, 4.69) is 22.4 Å². The molecule has 1 heterocycles. The molecular formula is C16H20N2O2S. The summed E-state index contributed by atoms with van der Waals surface area (Å²) >= 11 is 1.62. The second kappa shape index (κ2) is 6.45. The summed E-state index contributed by atoms with van der Waals surface area (Å²) in [5, 5.41) is 6.52. The van der Waals surface area contributed by atoms with Gasteiger partial charge in [-0.2, -0.15) is 0 Å². The molecule has 0 bridgehead atoms. The lowest BCUT2D eigenvalue weighted by Gasteiger charge is -2.12. The number of nitrogens with one attached hydrogen (secondary N) is 1. The second-order valence-corrected chi connectivity index (χ2v) is 6.25. The van der Waals surface area contributed by atoms with Crippen LogP contribution in [0.5, 0.6) is 11.5 Å². The molecule has 2 aromatic rings. The fraction of sp³-hybridized carbons (Fsp3) is 0.438. The Balaban J connectivity index is 1.66. The number of ether oxygens (including phenoxy) is 2. The molecule has 0 unspecified atom stereocenters. The fourth-order valence-corrected chi connectivity index (χ4v) is 2.78. The van der Waals surface area contributed by atoms with Crippen molar-refractivity contribution in [2.45, 2.75) is 39.0 Å². The third kappa shape index (κ3) is 3.95. The summed E-state index contributed by atoms with van der Waals surface area (Å²) in [4.78, 5) is 4.41. The number of benzene rings is 1. The molecule has 3 rings (SSSR count). The molecule has 0 atom stereocenters. The van der Waals surface area contributed by atoms with Crippen molar-refractivity contribution in [3.8, 4) is 11.5 Å². The van der Waals surface area contributed by atoms with Crippen LogP contribution in [0.4, 0.5) is 0 Å². The SMILES string of the molecule is COc1ccc(CNC2CC2)cc1OCc1nc(C)cs1. The maximum absolute atomic E-state index is 5.89. The van der Waals surface area contributed by atoms with Crippen LogP contribution in [0.2, 0.25) is 0 Å². The largest absolute Gasteiger partial charge is 0.493 e. The first-order valence-electron chi connectivity index (χ1n) is 7.18. The first-order valence-corrected chi connectivity index (χ1v) is 8.06. The highest BCUT2D eigenvalue weighted by atomic mass is 32.1. The van der Waals surface area contributed by atoms with E-state index >= 15 is 0 Å². The second-order valence-electron chi connectivity index (χ2n) is 5.31. The lowest BCUT2D eigenvalue weighted by molar-refractivity contribution is 0.283. The van der Waals surface area contributed by atoms with Crippen LogP contribution >= 0.6 is 11.3 Å². The number of thiazole rings is 1. The van der Waals surface area contributed by atoms with E-state index in [1.54, 1.807) is 18.4 Å². The molecule has 0 saturated heterocycles. The monoisotopic (exact) mass is 304 g/mol. The molecule has 0 spiro atoms. The molecule has 0 aliphatic heterocycles. The summed E-state index contributed by atoms with van der Waals surface area (Å²) in [6.45, 7) is 3.35. The number of aryl methyl sites for hydroxylation is 1. The predicted octanol–water partition coefficient (Wildman–Crippen LogP) is 3.29. The van der Waals surface area contributed by atoms with Crippen molar-refractivity contribution in [1.82, 2.24) is 10.3 Å². The summed E-state index contributed by atoms with van der Waals surface area (Å²) in [6.07, 6.45) is 2.59. The zero-order valence-electron chi connectivity index (χ0n) is 12.4. The van der Waals surface area contributed by atoms with Gasteiger partial charge in [0.1, 0.15) is 11.6 Å². The minimum absolute atomic E-state index is 0.481. The molecule has 0 amide bonds. The lowest BCUT2D eigenvalue weighted by atomic mass is 10.2. The molecule has 1 aromatic carbocycles. The summed E-state index contributed by atoms with van der Waals surface area (Å²) < 4.78 is 11.3. The van der Waals surface area contributed by atoms with Crippen LogP contribution < -0.4 is 14.8 Å². The molecule has 1 aromatic heterocycles. The predicted molar refractivity (Wildman–Crippen MR) is 84.0 cm³/mol. The van der Waals surface area contributed by atoms with Gasteiger partial charge in [-0.25, -0.2) is 4.98 Å². The van der Waals surface area contributed by atoms with Crippen molar-refractivity contribution in [2.24, 2.45) is 0 Å². The van der Waals surface area contributed by atoms with Gasteiger partial charge in [-0.05, 0) is 37.5 Å². The first kappa shape index (κ1) is 14.4. The van der Waals surface area contributed by atoms with Gasteiger partial charge in [0.25, 0.3) is 0 Å². The summed E-state index contributed by atoms with van der Waals surface area (Å²) in [6, 6.07) is 6.80. The van der Waals surface area contributed by atoms with Crippen molar-refractivity contribution in [3.63, 3.8) is 0 Å². The highest BCUT2D eigenvalue weighted by molar-refractivity contribution is 7.09. The standard InChI is InChI=1S/C16H20N2O2S/c1-11-10-21-16(18-11)9-20-15-7-12(3-6-14(15)19-2)8-17-13-4-5-13/h3,6-7,10,13,17H,4-5,8-9H2,1-2H3. The third-order valence-electron chi connectivity index (χ3n) is 3.42. The lowest BCUT2D eigenvalue weighted by Crippen LogP contribution is -2.15. The third-order valence-corrected chi connectivity index (χ3v) is 4.36. The average Bonchev–Trinajstić information content (AvgIpc) is 3.24. The zero-order valence-corrected chi connectivity index (χ0v) is 13.2. The van der Waals surface area contributed by atoms with Crippen molar-refractivity contribution < 1.29 is 9.47 Å².